The molecule has 0 aliphatic heterocycles. The highest BCUT2D eigenvalue weighted by atomic mass is 16.5. The van der Waals surface area contributed by atoms with Crippen molar-refractivity contribution in [3.63, 3.8) is 0 Å². The molecule has 0 aliphatic rings. The van der Waals surface area contributed by atoms with Crippen LogP contribution in [0.15, 0.2) is 4.52 Å². The molecule has 0 saturated heterocycles. The van der Waals surface area contributed by atoms with Crippen molar-refractivity contribution in [3.8, 4) is 0 Å². The second-order valence-corrected chi connectivity index (χ2v) is 4.94. The first-order chi connectivity index (χ1) is 7.87. The van der Waals surface area contributed by atoms with Crippen molar-refractivity contribution in [3.05, 3.63) is 11.7 Å². The molecule has 0 saturated carbocycles. The third kappa shape index (κ3) is 6.35. The van der Waals surface area contributed by atoms with Gasteiger partial charge < -0.3 is 19.7 Å². The van der Waals surface area contributed by atoms with Crippen LogP contribution in [0.4, 0.5) is 0 Å². The number of aromatic nitrogens is 2. The molecule has 0 aromatic carbocycles. The van der Waals surface area contributed by atoms with Gasteiger partial charge in [-0.15, -0.1) is 0 Å². The SMILES string of the molecule is Cc1noc(CNCC(O)COC(C)(C)C)n1. The summed E-state index contributed by atoms with van der Waals surface area (Å²) in [7, 11) is 0. The lowest BCUT2D eigenvalue weighted by Crippen LogP contribution is -2.33. The summed E-state index contributed by atoms with van der Waals surface area (Å²) in [4.78, 5) is 4.04. The second kappa shape index (κ2) is 6.09. The van der Waals surface area contributed by atoms with Gasteiger partial charge in [-0.3, -0.25) is 0 Å². The summed E-state index contributed by atoms with van der Waals surface area (Å²) in [5.74, 6) is 1.13. The van der Waals surface area contributed by atoms with Gasteiger partial charge in [0.25, 0.3) is 0 Å². The predicted octanol–water partition coefficient (Wildman–Crippen LogP) is 0.644. The van der Waals surface area contributed by atoms with Crippen LogP contribution in [0.3, 0.4) is 0 Å². The lowest BCUT2D eigenvalue weighted by atomic mass is 10.2. The monoisotopic (exact) mass is 243 g/mol. The maximum atomic E-state index is 9.64. The maximum absolute atomic E-state index is 9.64. The molecule has 6 heteroatoms. The number of rotatable bonds is 6. The van der Waals surface area contributed by atoms with E-state index < -0.39 is 6.10 Å². The molecule has 1 unspecified atom stereocenters. The highest BCUT2D eigenvalue weighted by Gasteiger charge is 2.13. The fourth-order valence-electron chi connectivity index (χ4n) is 1.16. The molecule has 0 radical (unpaired) electrons. The lowest BCUT2D eigenvalue weighted by Gasteiger charge is -2.21. The van der Waals surface area contributed by atoms with Gasteiger partial charge in [-0.05, 0) is 27.7 Å². The smallest absolute Gasteiger partial charge is 0.240 e. The molecule has 1 aromatic heterocycles. The van der Waals surface area contributed by atoms with Gasteiger partial charge in [0, 0.05) is 6.54 Å². The quantitative estimate of drug-likeness (QED) is 0.763. The van der Waals surface area contributed by atoms with Crippen LogP contribution >= 0.6 is 0 Å². The van der Waals surface area contributed by atoms with E-state index in [9.17, 15) is 5.11 Å². The number of aliphatic hydroxyl groups excluding tert-OH is 1. The molecular formula is C11H21N3O3. The molecule has 0 fully saturated rings. The maximum Gasteiger partial charge on any atom is 0.240 e. The highest BCUT2D eigenvalue weighted by molar-refractivity contribution is 4.82. The molecule has 1 atom stereocenters. The van der Waals surface area contributed by atoms with E-state index in [2.05, 4.69) is 15.5 Å². The largest absolute Gasteiger partial charge is 0.389 e. The van der Waals surface area contributed by atoms with Crippen LogP contribution in [0.1, 0.15) is 32.5 Å². The molecular weight excluding hydrogens is 222 g/mol. The van der Waals surface area contributed by atoms with E-state index in [-0.39, 0.29) is 5.60 Å². The number of nitrogens with zero attached hydrogens (tertiary/aromatic N) is 2. The van der Waals surface area contributed by atoms with E-state index in [0.29, 0.717) is 31.4 Å². The summed E-state index contributed by atoms with van der Waals surface area (Å²) < 4.78 is 10.4. The van der Waals surface area contributed by atoms with Crippen molar-refractivity contribution in [2.75, 3.05) is 13.2 Å². The molecule has 1 rings (SSSR count). The molecule has 0 spiro atoms. The van der Waals surface area contributed by atoms with Crippen molar-refractivity contribution < 1.29 is 14.4 Å². The van der Waals surface area contributed by atoms with E-state index in [1.807, 2.05) is 20.8 Å². The van der Waals surface area contributed by atoms with E-state index >= 15 is 0 Å². The van der Waals surface area contributed by atoms with E-state index in [1.165, 1.54) is 0 Å². The zero-order chi connectivity index (χ0) is 12.9. The summed E-state index contributed by atoms with van der Waals surface area (Å²) in [6.07, 6.45) is -0.543. The van der Waals surface area contributed by atoms with E-state index in [4.69, 9.17) is 9.26 Å². The van der Waals surface area contributed by atoms with Crippen molar-refractivity contribution >= 4 is 0 Å². The van der Waals surface area contributed by atoms with Gasteiger partial charge >= 0.3 is 0 Å². The van der Waals surface area contributed by atoms with Crippen molar-refractivity contribution in [1.29, 1.82) is 0 Å². The molecule has 0 amide bonds. The van der Waals surface area contributed by atoms with Crippen LogP contribution in [0.25, 0.3) is 0 Å². The summed E-state index contributed by atoms with van der Waals surface area (Å²) >= 11 is 0. The third-order valence-corrected chi connectivity index (χ3v) is 1.93. The van der Waals surface area contributed by atoms with Crippen LogP contribution in [0.2, 0.25) is 0 Å². The molecule has 6 nitrogen and oxygen atoms in total. The molecule has 98 valence electrons. The molecule has 2 N–H and O–H groups in total. The van der Waals surface area contributed by atoms with Crippen molar-refractivity contribution in [2.45, 2.75) is 45.9 Å². The minimum atomic E-state index is -0.543. The van der Waals surface area contributed by atoms with Crippen molar-refractivity contribution in [2.24, 2.45) is 0 Å². The normalized spacial score (nSPS) is 13.9. The first kappa shape index (κ1) is 14.1. The molecule has 17 heavy (non-hydrogen) atoms. The average molecular weight is 243 g/mol. The predicted molar refractivity (Wildman–Crippen MR) is 62.5 cm³/mol. The Labute approximate surface area is 101 Å². The minimum Gasteiger partial charge on any atom is -0.389 e. The van der Waals surface area contributed by atoms with E-state index in [1.54, 1.807) is 6.92 Å². The Morgan fingerprint density at radius 3 is 2.71 bits per heavy atom. The van der Waals surface area contributed by atoms with Crippen LogP contribution in [-0.4, -0.2) is 40.1 Å². The average Bonchev–Trinajstić information content (AvgIpc) is 2.60. The summed E-state index contributed by atoms with van der Waals surface area (Å²) in [6.45, 7) is 8.81. The van der Waals surface area contributed by atoms with Crippen LogP contribution in [0, 0.1) is 6.92 Å². The topological polar surface area (TPSA) is 80.4 Å². The summed E-state index contributed by atoms with van der Waals surface area (Å²) in [6, 6.07) is 0. The lowest BCUT2D eigenvalue weighted by molar-refractivity contribution is -0.0480. The zero-order valence-electron chi connectivity index (χ0n) is 10.9. The molecule has 0 aliphatic carbocycles. The Morgan fingerprint density at radius 1 is 1.47 bits per heavy atom. The van der Waals surface area contributed by atoms with Crippen LogP contribution < -0.4 is 5.32 Å². The molecule has 1 heterocycles. The zero-order valence-corrected chi connectivity index (χ0v) is 10.9. The van der Waals surface area contributed by atoms with Gasteiger partial charge in [-0.25, -0.2) is 0 Å². The Kier molecular flexibility index (Phi) is 5.04. The first-order valence-corrected chi connectivity index (χ1v) is 5.69. The number of nitrogens with one attached hydrogen (secondary N) is 1. The van der Waals surface area contributed by atoms with Crippen LogP contribution in [0.5, 0.6) is 0 Å². The Balaban J connectivity index is 2.14. The molecule has 0 bridgehead atoms. The fourth-order valence-corrected chi connectivity index (χ4v) is 1.16. The standard InChI is InChI=1S/C11H21N3O3/c1-8-13-10(17-14-8)6-12-5-9(15)7-16-11(2,3)4/h9,12,15H,5-7H2,1-4H3. The minimum absolute atomic E-state index is 0.232. The van der Waals surface area contributed by atoms with Gasteiger partial charge in [0.05, 0.1) is 24.9 Å². The fraction of sp³-hybridized carbons (Fsp3) is 0.818. The first-order valence-electron chi connectivity index (χ1n) is 5.69. The number of hydrogen-bond acceptors (Lipinski definition) is 6. The van der Waals surface area contributed by atoms with Crippen molar-refractivity contribution in [1.82, 2.24) is 15.5 Å². The number of aryl methyl sites for hydroxylation is 1. The Morgan fingerprint density at radius 2 is 2.18 bits per heavy atom. The summed E-state index contributed by atoms with van der Waals surface area (Å²) in [5.41, 5.74) is -0.232. The second-order valence-electron chi connectivity index (χ2n) is 4.94. The third-order valence-electron chi connectivity index (χ3n) is 1.93. The van der Waals surface area contributed by atoms with Gasteiger partial charge in [0.2, 0.25) is 5.89 Å². The van der Waals surface area contributed by atoms with E-state index in [0.717, 1.165) is 0 Å². The van der Waals surface area contributed by atoms with Crippen LogP contribution in [-0.2, 0) is 11.3 Å². The summed E-state index contributed by atoms with van der Waals surface area (Å²) in [5, 5.41) is 16.3. The number of ether oxygens (including phenoxy) is 1. The van der Waals surface area contributed by atoms with Gasteiger partial charge in [0.1, 0.15) is 0 Å². The Hall–Kier alpha value is -0.980. The Bertz CT molecular complexity index is 333. The highest BCUT2D eigenvalue weighted by Crippen LogP contribution is 2.06. The molecule has 1 aromatic rings. The number of hydrogen-bond donors (Lipinski definition) is 2. The van der Waals surface area contributed by atoms with Gasteiger partial charge in [0.15, 0.2) is 5.82 Å². The van der Waals surface area contributed by atoms with Gasteiger partial charge in [-0.1, -0.05) is 5.16 Å². The van der Waals surface area contributed by atoms with Gasteiger partial charge in [-0.2, -0.15) is 4.98 Å². The number of aliphatic hydroxyl groups is 1.